The molecule has 1 unspecified atom stereocenters. The molecule has 0 radical (unpaired) electrons. The van der Waals surface area contributed by atoms with Gasteiger partial charge in [0.15, 0.2) is 0 Å². The molecule has 0 aliphatic carbocycles. The van der Waals surface area contributed by atoms with E-state index < -0.39 is 5.97 Å². The summed E-state index contributed by atoms with van der Waals surface area (Å²) in [6.45, 7) is 5.45. The van der Waals surface area contributed by atoms with Crippen molar-refractivity contribution in [3.05, 3.63) is 35.9 Å². The fourth-order valence-corrected chi connectivity index (χ4v) is 2.36. The Morgan fingerprint density at radius 1 is 1.44 bits per heavy atom. The molecule has 0 spiro atoms. The molecule has 1 N–H and O–H groups in total. The maximum Gasteiger partial charge on any atom is 0.329 e. The van der Waals surface area contributed by atoms with E-state index in [1.807, 2.05) is 25.1 Å². The van der Waals surface area contributed by atoms with Crippen molar-refractivity contribution in [2.75, 3.05) is 19.7 Å². The van der Waals surface area contributed by atoms with Gasteiger partial charge in [-0.1, -0.05) is 30.3 Å². The first-order chi connectivity index (χ1) is 8.50. The average molecular weight is 249 g/mol. The van der Waals surface area contributed by atoms with Crippen LogP contribution < -0.4 is 0 Å². The van der Waals surface area contributed by atoms with Crippen LogP contribution in [0.4, 0.5) is 0 Å². The van der Waals surface area contributed by atoms with Crippen LogP contribution in [-0.2, 0) is 9.53 Å². The van der Waals surface area contributed by atoms with Gasteiger partial charge in [-0.3, -0.25) is 4.90 Å². The van der Waals surface area contributed by atoms with Crippen molar-refractivity contribution in [1.82, 2.24) is 4.90 Å². The molecule has 1 aromatic rings. The van der Waals surface area contributed by atoms with E-state index in [9.17, 15) is 4.79 Å². The largest absolute Gasteiger partial charge is 0.480 e. The Bertz CT molecular complexity index is 412. The highest BCUT2D eigenvalue weighted by molar-refractivity contribution is 5.68. The van der Waals surface area contributed by atoms with Gasteiger partial charge in [-0.15, -0.1) is 0 Å². The van der Waals surface area contributed by atoms with E-state index in [2.05, 4.69) is 24.0 Å². The molecular formula is C14H19NO3. The average Bonchev–Trinajstić information content (AvgIpc) is 2.33. The Balaban J connectivity index is 1.87. The zero-order valence-electron chi connectivity index (χ0n) is 10.8. The molecule has 0 aromatic heterocycles. The quantitative estimate of drug-likeness (QED) is 0.866. The first-order valence-corrected chi connectivity index (χ1v) is 6.15. The number of ether oxygens (including phenoxy) is 1. The summed E-state index contributed by atoms with van der Waals surface area (Å²) in [6, 6.07) is 10.6. The summed E-state index contributed by atoms with van der Waals surface area (Å²) in [4.78, 5) is 12.8. The molecule has 4 heteroatoms. The highest BCUT2D eigenvalue weighted by atomic mass is 16.5. The Morgan fingerprint density at radius 2 is 2.06 bits per heavy atom. The lowest BCUT2D eigenvalue weighted by atomic mass is 9.92. The summed E-state index contributed by atoms with van der Waals surface area (Å²) in [6.07, 6.45) is 0. The molecule has 1 aliphatic heterocycles. The van der Waals surface area contributed by atoms with Crippen LogP contribution in [0.2, 0.25) is 0 Å². The standard InChI is InChI=1S/C14H19NO3/c1-11(12-6-4-3-5-7-12)15-9-14(2,10-15)18-8-13(16)17/h3-7,11H,8-10H2,1-2H3,(H,16,17). The number of benzene rings is 1. The van der Waals surface area contributed by atoms with Crippen molar-refractivity contribution in [2.24, 2.45) is 0 Å². The molecule has 1 fully saturated rings. The number of carbonyl (C=O) groups is 1. The van der Waals surface area contributed by atoms with E-state index in [1.54, 1.807) is 0 Å². The molecule has 0 amide bonds. The van der Waals surface area contributed by atoms with Crippen LogP contribution >= 0.6 is 0 Å². The van der Waals surface area contributed by atoms with E-state index in [4.69, 9.17) is 9.84 Å². The lowest BCUT2D eigenvalue weighted by Crippen LogP contribution is -2.62. The summed E-state index contributed by atoms with van der Waals surface area (Å²) in [5.41, 5.74) is 0.958. The number of carboxylic acids is 1. The summed E-state index contributed by atoms with van der Waals surface area (Å²) in [5.74, 6) is -0.911. The third kappa shape index (κ3) is 2.89. The van der Waals surface area contributed by atoms with Gasteiger partial charge in [0.05, 0.1) is 5.60 Å². The first-order valence-electron chi connectivity index (χ1n) is 6.15. The van der Waals surface area contributed by atoms with Crippen LogP contribution in [0.1, 0.15) is 25.5 Å². The molecule has 0 saturated carbocycles. The van der Waals surface area contributed by atoms with E-state index in [-0.39, 0.29) is 12.2 Å². The van der Waals surface area contributed by atoms with Gasteiger partial charge in [-0.05, 0) is 19.4 Å². The molecule has 1 heterocycles. The Kier molecular flexibility index (Phi) is 3.68. The molecule has 4 nitrogen and oxygen atoms in total. The highest BCUT2D eigenvalue weighted by Crippen LogP contribution is 2.32. The molecule has 1 atom stereocenters. The van der Waals surface area contributed by atoms with Gasteiger partial charge in [-0.25, -0.2) is 4.79 Å². The number of hydrogen-bond donors (Lipinski definition) is 1. The van der Waals surface area contributed by atoms with E-state index in [0.717, 1.165) is 13.1 Å². The lowest BCUT2D eigenvalue weighted by Gasteiger charge is -2.50. The smallest absolute Gasteiger partial charge is 0.329 e. The van der Waals surface area contributed by atoms with Crippen molar-refractivity contribution in [1.29, 1.82) is 0 Å². The molecule has 2 rings (SSSR count). The number of nitrogens with zero attached hydrogens (tertiary/aromatic N) is 1. The Morgan fingerprint density at radius 3 is 2.61 bits per heavy atom. The molecule has 18 heavy (non-hydrogen) atoms. The second-order valence-electron chi connectivity index (χ2n) is 5.12. The van der Waals surface area contributed by atoms with Crippen molar-refractivity contribution >= 4 is 5.97 Å². The van der Waals surface area contributed by atoms with Crippen molar-refractivity contribution in [2.45, 2.75) is 25.5 Å². The summed E-state index contributed by atoms with van der Waals surface area (Å²) in [7, 11) is 0. The van der Waals surface area contributed by atoms with Crippen LogP contribution in [0.3, 0.4) is 0 Å². The van der Waals surface area contributed by atoms with Crippen LogP contribution in [0, 0.1) is 0 Å². The lowest BCUT2D eigenvalue weighted by molar-refractivity contribution is -0.169. The molecule has 0 bridgehead atoms. The Hall–Kier alpha value is -1.39. The predicted molar refractivity (Wildman–Crippen MR) is 68.4 cm³/mol. The van der Waals surface area contributed by atoms with Gasteiger partial charge in [-0.2, -0.15) is 0 Å². The van der Waals surface area contributed by atoms with Crippen LogP contribution in [-0.4, -0.2) is 41.3 Å². The number of carboxylic acid groups (broad SMARTS) is 1. The van der Waals surface area contributed by atoms with Gasteiger partial charge in [0, 0.05) is 19.1 Å². The van der Waals surface area contributed by atoms with Crippen molar-refractivity contribution < 1.29 is 14.6 Å². The third-order valence-corrected chi connectivity index (χ3v) is 3.45. The number of likely N-dealkylation sites (tertiary alicyclic amines) is 1. The molecule has 1 saturated heterocycles. The molecule has 98 valence electrons. The third-order valence-electron chi connectivity index (χ3n) is 3.45. The molecule has 1 aromatic carbocycles. The topological polar surface area (TPSA) is 49.8 Å². The number of hydrogen-bond acceptors (Lipinski definition) is 3. The minimum Gasteiger partial charge on any atom is -0.480 e. The second kappa shape index (κ2) is 5.08. The van der Waals surface area contributed by atoms with Crippen molar-refractivity contribution in [3.63, 3.8) is 0 Å². The number of rotatable bonds is 5. The van der Waals surface area contributed by atoms with Gasteiger partial charge in [0.2, 0.25) is 0 Å². The number of aliphatic carboxylic acids is 1. The SMILES string of the molecule is CC(c1ccccc1)N1CC(C)(OCC(=O)O)C1. The first kappa shape index (κ1) is 13.1. The summed E-state index contributed by atoms with van der Waals surface area (Å²) >= 11 is 0. The monoisotopic (exact) mass is 249 g/mol. The highest BCUT2D eigenvalue weighted by Gasteiger charge is 2.42. The van der Waals surface area contributed by atoms with E-state index in [0.29, 0.717) is 6.04 Å². The summed E-state index contributed by atoms with van der Waals surface area (Å²) < 4.78 is 5.40. The van der Waals surface area contributed by atoms with E-state index in [1.165, 1.54) is 5.56 Å². The Labute approximate surface area is 107 Å². The van der Waals surface area contributed by atoms with E-state index >= 15 is 0 Å². The van der Waals surface area contributed by atoms with Crippen LogP contribution in [0.25, 0.3) is 0 Å². The van der Waals surface area contributed by atoms with Gasteiger partial charge in [0.1, 0.15) is 6.61 Å². The zero-order valence-corrected chi connectivity index (χ0v) is 10.8. The zero-order chi connectivity index (χ0) is 13.2. The maximum absolute atomic E-state index is 10.5. The minimum atomic E-state index is -0.911. The minimum absolute atomic E-state index is 0.218. The summed E-state index contributed by atoms with van der Waals surface area (Å²) in [5, 5.41) is 8.61. The molecule has 1 aliphatic rings. The maximum atomic E-state index is 10.5. The van der Waals surface area contributed by atoms with Crippen LogP contribution in [0.5, 0.6) is 0 Å². The predicted octanol–water partition coefficient (Wildman–Crippen LogP) is 1.92. The fourth-order valence-electron chi connectivity index (χ4n) is 2.36. The fraction of sp³-hybridized carbons (Fsp3) is 0.500. The molecular weight excluding hydrogens is 230 g/mol. The van der Waals surface area contributed by atoms with Gasteiger partial charge >= 0.3 is 5.97 Å². The van der Waals surface area contributed by atoms with Crippen LogP contribution in [0.15, 0.2) is 30.3 Å². The normalized spacial score (nSPS) is 20.1. The van der Waals surface area contributed by atoms with Gasteiger partial charge < -0.3 is 9.84 Å². The second-order valence-corrected chi connectivity index (χ2v) is 5.12. The van der Waals surface area contributed by atoms with Crippen molar-refractivity contribution in [3.8, 4) is 0 Å². The van der Waals surface area contributed by atoms with Gasteiger partial charge in [0.25, 0.3) is 0 Å².